The predicted octanol–water partition coefficient (Wildman–Crippen LogP) is 5.68. The summed E-state index contributed by atoms with van der Waals surface area (Å²) < 4.78 is 31.4. The van der Waals surface area contributed by atoms with Crippen LogP contribution in [0.1, 0.15) is 48.1 Å². The Labute approximate surface area is 208 Å². The summed E-state index contributed by atoms with van der Waals surface area (Å²) in [6, 6.07) is 18.1. The third kappa shape index (κ3) is 4.58. The summed E-state index contributed by atoms with van der Waals surface area (Å²) in [6.07, 6.45) is 4.52. The molecule has 4 aromatic rings. The van der Waals surface area contributed by atoms with Crippen molar-refractivity contribution in [3.63, 3.8) is 0 Å². The average molecular weight is 513 g/mol. The normalized spacial score (nSPS) is 14.8. The van der Waals surface area contributed by atoms with Crippen LogP contribution in [0.2, 0.25) is 5.02 Å². The van der Waals surface area contributed by atoms with Gasteiger partial charge in [-0.25, -0.2) is 13.1 Å². The Kier molecular flexibility index (Phi) is 6.37. The zero-order chi connectivity index (χ0) is 23.9. The van der Waals surface area contributed by atoms with Gasteiger partial charge >= 0.3 is 4.87 Å². The number of halogens is 1. The van der Waals surface area contributed by atoms with Crippen molar-refractivity contribution in [3.05, 3.63) is 97.6 Å². The first kappa shape index (κ1) is 23.3. The van der Waals surface area contributed by atoms with Crippen LogP contribution in [-0.4, -0.2) is 13.0 Å². The van der Waals surface area contributed by atoms with Gasteiger partial charge in [-0.05, 0) is 79.1 Å². The molecule has 34 heavy (non-hydrogen) atoms. The van der Waals surface area contributed by atoms with Gasteiger partial charge < -0.3 is 0 Å². The second-order valence-corrected chi connectivity index (χ2v) is 11.9. The van der Waals surface area contributed by atoms with Gasteiger partial charge in [0.05, 0.1) is 21.7 Å². The number of hydrogen-bond donors (Lipinski definition) is 1. The molecule has 8 heteroatoms. The minimum Gasteiger partial charge on any atom is -0.294 e. The highest BCUT2D eigenvalue weighted by Gasteiger charge is 2.21. The maximum Gasteiger partial charge on any atom is 0.308 e. The Bertz CT molecular complexity index is 1540. The molecule has 1 aliphatic carbocycles. The molecule has 1 heterocycles. The van der Waals surface area contributed by atoms with Crippen LogP contribution in [0.3, 0.4) is 0 Å². The molecule has 0 aliphatic heterocycles. The third-order valence-electron chi connectivity index (χ3n) is 6.44. The molecule has 1 aromatic heterocycles. The predicted molar refractivity (Wildman–Crippen MR) is 138 cm³/mol. The van der Waals surface area contributed by atoms with Crippen LogP contribution in [-0.2, 0) is 29.4 Å². The topological polar surface area (TPSA) is 68.2 Å². The molecule has 1 atom stereocenters. The molecule has 5 rings (SSSR count). The molecule has 3 aromatic carbocycles. The molecule has 5 nitrogen and oxygen atoms in total. The summed E-state index contributed by atoms with van der Waals surface area (Å²) in [4.78, 5) is 12.7. The number of sulfonamides is 1. The highest BCUT2D eigenvalue weighted by atomic mass is 35.5. The monoisotopic (exact) mass is 512 g/mol. The van der Waals surface area contributed by atoms with Crippen LogP contribution in [0, 0.1) is 0 Å². The molecule has 0 unspecified atom stereocenters. The highest BCUT2D eigenvalue weighted by molar-refractivity contribution is 7.89. The molecular weight excluding hydrogens is 488 g/mol. The summed E-state index contributed by atoms with van der Waals surface area (Å²) >= 11 is 7.31. The summed E-state index contributed by atoms with van der Waals surface area (Å²) in [5.41, 5.74) is 5.17. The van der Waals surface area contributed by atoms with Crippen LogP contribution in [0.5, 0.6) is 0 Å². The number of fused-ring (bicyclic) bond motifs is 2. The Morgan fingerprint density at radius 2 is 1.79 bits per heavy atom. The van der Waals surface area contributed by atoms with E-state index in [4.69, 9.17) is 11.6 Å². The highest BCUT2D eigenvalue weighted by Crippen LogP contribution is 2.27. The quantitative estimate of drug-likeness (QED) is 0.361. The van der Waals surface area contributed by atoms with E-state index in [0.717, 1.165) is 35.3 Å². The number of aromatic nitrogens is 1. The summed E-state index contributed by atoms with van der Waals surface area (Å²) in [7, 11) is -3.77. The first-order valence-corrected chi connectivity index (χ1v) is 14.0. The van der Waals surface area contributed by atoms with E-state index in [9.17, 15) is 13.2 Å². The minimum absolute atomic E-state index is 0.149. The second kappa shape index (κ2) is 9.30. The lowest BCUT2D eigenvalue weighted by atomic mass is 9.89. The fourth-order valence-corrected chi connectivity index (χ4v) is 7.01. The van der Waals surface area contributed by atoms with Crippen molar-refractivity contribution in [2.75, 3.05) is 0 Å². The lowest BCUT2D eigenvalue weighted by molar-refractivity contribution is 0.566. The van der Waals surface area contributed by atoms with Gasteiger partial charge in [0, 0.05) is 11.1 Å². The number of nitrogens with one attached hydrogen (secondary N) is 1. The van der Waals surface area contributed by atoms with Gasteiger partial charge in [-0.3, -0.25) is 9.36 Å². The Morgan fingerprint density at radius 1 is 1.03 bits per heavy atom. The number of rotatable bonds is 6. The number of nitrogens with zero attached hydrogens (tertiary/aromatic N) is 1. The molecule has 0 saturated carbocycles. The standard InChI is InChI=1S/C26H25ClN2O3S2/c1-17(19-11-10-18-6-2-3-7-20(18)14-19)28-34(31,32)22-12-13-24-25(15-22)33-26(30)29(24)16-21-8-4-5-9-23(21)27/h4-5,8-15,17,28H,2-3,6-7,16H2,1H3/t17-/m0/s1. The van der Waals surface area contributed by atoms with Gasteiger partial charge in [0.25, 0.3) is 0 Å². The van der Waals surface area contributed by atoms with E-state index >= 15 is 0 Å². The lowest BCUT2D eigenvalue weighted by Gasteiger charge is -2.20. The molecule has 1 N–H and O–H groups in total. The van der Waals surface area contributed by atoms with Crippen LogP contribution in [0.4, 0.5) is 0 Å². The Morgan fingerprint density at radius 3 is 2.59 bits per heavy atom. The fourth-order valence-electron chi connectivity index (χ4n) is 4.55. The Hall–Kier alpha value is -2.45. The van der Waals surface area contributed by atoms with E-state index in [0.29, 0.717) is 21.8 Å². The van der Waals surface area contributed by atoms with Gasteiger partial charge in [0.2, 0.25) is 10.0 Å². The SMILES string of the molecule is C[C@H](NS(=O)(=O)c1ccc2c(c1)sc(=O)n2Cc1ccccc1Cl)c1ccc2c(c1)CCCC2. The average Bonchev–Trinajstić information content (AvgIpc) is 3.14. The second-order valence-electron chi connectivity index (χ2n) is 8.75. The zero-order valence-electron chi connectivity index (χ0n) is 18.8. The number of hydrogen-bond acceptors (Lipinski definition) is 4. The van der Waals surface area contributed by atoms with Crippen LogP contribution < -0.4 is 9.60 Å². The molecule has 0 spiro atoms. The smallest absolute Gasteiger partial charge is 0.294 e. The molecule has 176 valence electrons. The van der Waals surface area contributed by atoms with E-state index in [1.54, 1.807) is 28.8 Å². The summed E-state index contributed by atoms with van der Waals surface area (Å²) in [5, 5.41) is 0.591. The zero-order valence-corrected chi connectivity index (χ0v) is 21.1. The molecule has 0 bridgehead atoms. The number of benzene rings is 3. The van der Waals surface area contributed by atoms with Gasteiger partial charge in [-0.2, -0.15) is 0 Å². The first-order valence-electron chi connectivity index (χ1n) is 11.3. The van der Waals surface area contributed by atoms with Crippen molar-refractivity contribution in [1.82, 2.24) is 9.29 Å². The number of aryl methyl sites for hydroxylation is 2. The van der Waals surface area contributed by atoms with E-state index in [1.807, 2.05) is 31.2 Å². The first-order chi connectivity index (χ1) is 16.3. The lowest BCUT2D eigenvalue weighted by Crippen LogP contribution is -2.27. The third-order valence-corrected chi connectivity index (χ3v) is 9.29. The van der Waals surface area contributed by atoms with Gasteiger partial charge in [0.1, 0.15) is 0 Å². The van der Waals surface area contributed by atoms with E-state index in [-0.39, 0.29) is 15.8 Å². The van der Waals surface area contributed by atoms with Crippen molar-refractivity contribution in [3.8, 4) is 0 Å². The molecule has 0 radical (unpaired) electrons. The molecule has 0 saturated heterocycles. The Balaban J connectivity index is 1.41. The van der Waals surface area contributed by atoms with Gasteiger partial charge in [-0.1, -0.05) is 59.3 Å². The van der Waals surface area contributed by atoms with Crippen molar-refractivity contribution in [2.45, 2.75) is 50.1 Å². The summed E-state index contributed by atoms with van der Waals surface area (Å²) in [6.45, 7) is 2.19. The van der Waals surface area contributed by atoms with Crippen molar-refractivity contribution in [2.24, 2.45) is 0 Å². The minimum atomic E-state index is -3.77. The molecule has 0 amide bonds. The van der Waals surface area contributed by atoms with Crippen molar-refractivity contribution >= 4 is 43.2 Å². The van der Waals surface area contributed by atoms with Crippen molar-refractivity contribution in [1.29, 1.82) is 0 Å². The summed E-state index contributed by atoms with van der Waals surface area (Å²) in [5.74, 6) is 0. The maximum atomic E-state index is 13.2. The molecule has 0 fully saturated rings. The maximum absolute atomic E-state index is 13.2. The van der Waals surface area contributed by atoms with E-state index < -0.39 is 10.0 Å². The van der Waals surface area contributed by atoms with Crippen LogP contribution in [0.15, 0.2) is 70.4 Å². The van der Waals surface area contributed by atoms with Gasteiger partial charge in [-0.15, -0.1) is 0 Å². The van der Waals surface area contributed by atoms with Crippen LogP contribution in [0.25, 0.3) is 10.2 Å². The largest absolute Gasteiger partial charge is 0.308 e. The number of thiazole rings is 1. The van der Waals surface area contributed by atoms with Crippen LogP contribution >= 0.6 is 22.9 Å². The van der Waals surface area contributed by atoms with E-state index in [1.165, 1.54) is 24.0 Å². The molecule has 1 aliphatic rings. The fraction of sp³-hybridized carbons (Fsp3) is 0.269. The van der Waals surface area contributed by atoms with E-state index in [2.05, 4.69) is 16.9 Å². The van der Waals surface area contributed by atoms with Gasteiger partial charge in [0.15, 0.2) is 0 Å². The van der Waals surface area contributed by atoms with Crippen molar-refractivity contribution < 1.29 is 8.42 Å². The molecular formula is C26H25ClN2O3S2.